The van der Waals surface area contributed by atoms with Crippen LogP contribution in [0.5, 0.6) is 0 Å². The van der Waals surface area contributed by atoms with Crippen LogP contribution < -0.4 is 10.7 Å². The molecular formula is C36H40N4O6. The molecule has 1 unspecified atom stereocenters. The molecule has 0 radical (unpaired) electrons. The zero-order chi connectivity index (χ0) is 33.4. The number of nitrogens with zero attached hydrogens (tertiary/aromatic N) is 2. The lowest BCUT2D eigenvalue weighted by molar-refractivity contribution is -0.141. The second kappa shape index (κ2) is 12.9. The van der Waals surface area contributed by atoms with Gasteiger partial charge in [0, 0.05) is 47.1 Å². The Kier molecular flexibility index (Phi) is 9.10. The fourth-order valence-corrected chi connectivity index (χ4v) is 6.70. The van der Waals surface area contributed by atoms with Crippen molar-refractivity contribution in [1.82, 2.24) is 9.97 Å². The summed E-state index contributed by atoms with van der Waals surface area (Å²) in [6.07, 6.45) is 7.50. The molecule has 8 bridgehead atoms. The molecule has 240 valence electrons. The minimum atomic E-state index is -0.307. The Morgan fingerprint density at radius 1 is 0.804 bits per heavy atom. The molecule has 2 aromatic rings. The third kappa shape index (κ3) is 6.03. The van der Waals surface area contributed by atoms with Gasteiger partial charge >= 0.3 is 11.9 Å². The van der Waals surface area contributed by atoms with Crippen LogP contribution in [0.4, 0.5) is 0 Å². The molecule has 1 atom stereocenters. The van der Waals surface area contributed by atoms with E-state index in [-0.39, 0.29) is 42.4 Å². The maximum absolute atomic E-state index is 12.9. The number of ketones is 2. The van der Waals surface area contributed by atoms with Crippen LogP contribution in [-0.4, -0.2) is 65.2 Å². The first-order chi connectivity index (χ1) is 21.8. The van der Waals surface area contributed by atoms with Gasteiger partial charge in [-0.3, -0.25) is 24.2 Å². The molecule has 3 aliphatic rings. The number of hydrogen-bond acceptors (Lipinski definition) is 8. The quantitative estimate of drug-likeness (QED) is 0.337. The zero-order valence-corrected chi connectivity index (χ0v) is 27.7. The summed E-state index contributed by atoms with van der Waals surface area (Å²) in [5.74, 6) is -0.813. The minimum absolute atomic E-state index is 0.0914. The van der Waals surface area contributed by atoms with E-state index in [0.717, 1.165) is 55.9 Å². The van der Waals surface area contributed by atoms with Crippen molar-refractivity contribution in [2.24, 2.45) is 9.98 Å². The lowest BCUT2D eigenvalue weighted by Gasteiger charge is -2.14. The summed E-state index contributed by atoms with van der Waals surface area (Å²) in [6, 6.07) is -0.279. The van der Waals surface area contributed by atoms with Crippen LogP contribution in [0.1, 0.15) is 85.4 Å². The lowest BCUT2D eigenvalue weighted by atomic mass is 9.93. The predicted octanol–water partition coefficient (Wildman–Crippen LogP) is 3.88. The van der Waals surface area contributed by atoms with Crippen molar-refractivity contribution in [2.45, 2.75) is 79.7 Å². The number of Topliss-reactive ketones (excluding diaryl/α,β-unsaturated/α-hetero) is 2. The van der Waals surface area contributed by atoms with Gasteiger partial charge in [0.15, 0.2) is 11.6 Å². The van der Waals surface area contributed by atoms with E-state index in [9.17, 15) is 19.2 Å². The first kappa shape index (κ1) is 32.5. The summed E-state index contributed by atoms with van der Waals surface area (Å²) in [5, 5.41) is 1.35. The monoisotopic (exact) mass is 624 g/mol. The van der Waals surface area contributed by atoms with Crippen LogP contribution in [-0.2, 0) is 36.7 Å². The number of carbonyl (C=O) groups is 4. The molecule has 0 saturated carbocycles. The van der Waals surface area contributed by atoms with Crippen molar-refractivity contribution in [3.05, 3.63) is 72.3 Å². The molecule has 2 N–H and O–H groups in total. The molecule has 10 nitrogen and oxygen atoms in total. The Morgan fingerprint density at radius 2 is 1.46 bits per heavy atom. The fourth-order valence-electron chi connectivity index (χ4n) is 6.70. The molecular weight excluding hydrogens is 584 g/mol. The fraction of sp³-hybridized carbons (Fsp3) is 0.389. The molecule has 0 spiro atoms. The van der Waals surface area contributed by atoms with Crippen LogP contribution in [0.25, 0.3) is 18.2 Å². The number of nitrogens with one attached hydrogen (secondary N) is 2. The molecule has 0 fully saturated rings. The smallest absolute Gasteiger partial charge is 0.305 e. The summed E-state index contributed by atoms with van der Waals surface area (Å²) in [6.45, 7) is 10.8. The van der Waals surface area contributed by atoms with Gasteiger partial charge in [-0.1, -0.05) is 0 Å². The number of methoxy groups -OCH3 is 2. The third-order valence-electron chi connectivity index (χ3n) is 9.22. The number of carbonyl (C=O) groups excluding carboxylic acids is 4. The average Bonchev–Trinajstić information content (AvgIpc) is 3.67. The summed E-state index contributed by atoms with van der Waals surface area (Å²) in [7, 11) is 2.75. The lowest BCUT2D eigenvalue weighted by Crippen LogP contribution is -2.17. The number of rotatable bonds is 8. The van der Waals surface area contributed by atoms with E-state index in [2.05, 4.69) is 9.97 Å². The molecule has 0 aliphatic carbocycles. The molecule has 0 amide bonds. The summed E-state index contributed by atoms with van der Waals surface area (Å²) >= 11 is 0. The van der Waals surface area contributed by atoms with Crippen molar-refractivity contribution < 1.29 is 28.7 Å². The molecule has 5 heterocycles. The van der Waals surface area contributed by atoms with E-state index < -0.39 is 0 Å². The molecule has 2 aromatic heterocycles. The average molecular weight is 625 g/mol. The van der Waals surface area contributed by atoms with E-state index >= 15 is 0 Å². The van der Waals surface area contributed by atoms with Crippen molar-refractivity contribution in [2.75, 3.05) is 14.2 Å². The Balaban J connectivity index is 1.80. The van der Waals surface area contributed by atoms with Gasteiger partial charge in [-0.2, -0.15) is 0 Å². The highest BCUT2D eigenvalue weighted by Gasteiger charge is 2.29. The van der Waals surface area contributed by atoms with Crippen LogP contribution >= 0.6 is 0 Å². The second-order valence-electron chi connectivity index (χ2n) is 12.0. The molecule has 0 saturated heterocycles. The number of fused-ring (bicyclic) bond motifs is 6. The summed E-state index contributed by atoms with van der Waals surface area (Å²) < 4.78 is 9.87. The van der Waals surface area contributed by atoms with E-state index in [1.165, 1.54) is 28.1 Å². The first-order valence-electron chi connectivity index (χ1n) is 15.4. The largest absolute Gasteiger partial charge is 0.469 e. The Morgan fingerprint density at radius 3 is 2.09 bits per heavy atom. The van der Waals surface area contributed by atoms with Gasteiger partial charge in [-0.05, 0) is 106 Å². The van der Waals surface area contributed by atoms with Crippen LogP contribution in [0, 0.1) is 13.8 Å². The first-order valence-corrected chi connectivity index (χ1v) is 15.4. The van der Waals surface area contributed by atoms with E-state index in [1.807, 2.05) is 45.9 Å². The molecule has 0 aromatic carbocycles. The van der Waals surface area contributed by atoms with Crippen LogP contribution in [0.2, 0.25) is 0 Å². The number of ether oxygens (including phenoxy) is 2. The van der Waals surface area contributed by atoms with Gasteiger partial charge in [0.05, 0.1) is 42.7 Å². The number of aromatic nitrogens is 2. The van der Waals surface area contributed by atoms with Crippen molar-refractivity contribution in [3.63, 3.8) is 0 Å². The van der Waals surface area contributed by atoms with E-state index in [1.54, 1.807) is 0 Å². The molecule has 5 rings (SSSR count). The summed E-state index contributed by atoms with van der Waals surface area (Å²) in [5.41, 5.74) is 10.1. The standard InChI is InChI=1S/C36H40N4O6/c1-17-23(9-11-33(43)45-7)29-16-30-24(10-12-34(44)46-8)18(2)26(38-30)14-31-36(22(6)42)20(4)28(40-31)15-32-35(21(5)41)19(3)27(39-32)13-25(17)37-29/h13-15,29,38-39H,9-12,16H2,1-8H3/b27-13-,31-14-,32-15-. The van der Waals surface area contributed by atoms with Gasteiger partial charge in [-0.25, -0.2) is 4.99 Å². The van der Waals surface area contributed by atoms with E-state index in [4.69, 9.17) is 19.5 Å². The minimum Gasteiger partial charge on any atom is -0.469 e. The summed E-state index contributed by atoms with van der Waals surface area (Å²) in [4.78, 5) is 67.2. The maximum atomic E-state index is 12.9. The predicted molar refractivity (Wildman–Crippen MR) is 177 cm³/mol. The number of aliphatic imine (C=N–C) groups is 2. The Hall–Kier alpha value is -4.86. The van der Waals surface area contributed by atoms with Crippen molar-refractivity contribution >= 4 is 53.2 Å². The highest BCUT2D eigenvalue weighted by atomic mass is 16.5. The molecule has 46 heavy (non-hydrogen) atoms. The van der Waals surface area contributed by atoms with Crippen molar-refractivity contribution in [3.8, 4) is 0 Å². The van der Waals surface area contributed by atoms with Gasteiger partial charge in [-0.15, -0.1) is 0 Å². The Bertz CT molecular complexity index is 1970. The highest BCUT2D eigenvalue weighted by Crippen LogP contribution is 2.34. The maximum Gasteiger partial charge on any atom is 0.305 e. The molecule has 10 heteroatoms. The highest BCUT2D eigenvalue weighted by molar-refractivity contribution is 6.27. The normalized spacial score (nSPS) is 19.8. The number of esters is 2. The van der Waals surface area contributed by atoms with Crippen molar-refractivity contribution in [1.29, 1.82) is 0 Å². The third-order valence-corrected chi connectivity index (χ3v) is 9.22. The number of H-pyrrole nitrogens is 2. The number of aromatic amines is 2. The number of hydrogen-bond donors (Lipinski definition) is 2. The second-order valence-corrected chi connectivity index (χ2v) is 12.0. The Labute approximate surface area is 267 Å². The number of allylic oxidation sites excluding steroid dienone is 3. The van der Waals surface area contributed by atoms with Crippen LogP contribution in [0.15, 0.2) is 38.0 Å². The molecule has 3 aliphatic heterocycles. The van der Waals surface area contributed by atoms with E-state index in [0.29, 0.717) is 47.2 Å². The van der Waals surface area contributed by atoms with Crippen LogP contribution in [0.3, 0.4) is 0 Å². The van der Waals surface area contributed by atoms with Gasteiger partial charge in [0.25, 0.3) is 0 Å². The topological polar surface area (TPSA) is 143 Å². The SMILES string of the molecule is COC(=O)CCC1=C(C)C2=NC1Cc1[nH]c(c(C)c1CCC(=O)OC)/C=C1N=C(/C=c3\[nH]/c(c(C)c3C(C)=O)=C\2)C(C)=C\1C(C)=O. The van der Waals surface area contributed by atoms with Gasteiger partial charge in [0.1, 0.15) is 0 Å². The van der Waals surface area contributed by atoms with Gasteiger partial charge in [0.2, 0.25) is 0 Å². The van der Waals surface area contributed by atoms with Gasteiger partial charge < -0.3 is 19.4 Å². The zero-order valence-electron chi connectivity index (χ0n) is 27.7.